The number of hydrogen-bond acceptors (Lipinski definition) is 4. The molecule has 1 aromatic carbocycles. The number of hydrogen-bond donors (Lipinski definition) is 1. The van der Waals surface area contributed by atoms with Gasteiger partial charge in [-0.15, -0.1) is 0 Å². The fraction of sp³-hybridized carbons (Fsp3) is 0.357. The molecule has 6 nitrogen and oxygen atoms in total. The van der Waals surface area contributed by atoms with Gasteiger partial charge in [-0.25, -0.2) is 13.6 Å². The zero-order valence-corrected chi connectivity index (χ0v) is 14.0. The highest BCUT2D eigenvalue weighted by Gasteiger charge is 2.30. The van der Waals surface area contributed by atoms with Crippen LogP contribution in [0.5, 0.6) is 0 Å². The lowest BCUT2D eigenvalue weighted by Gasteiger charge is -2.39. The van der Waals surface area contributed by atoms with Crippen molar-refractivity contribution in [2.75, 3.05) is 24.5 Å². The maximum absolute atomic E-state index is 14.2. The molecule has 2 heterocycles. The largest absolute Gasteiger partial charge is 0.465 e. The van der Waals surface area contributed by atoms with E-state index in [1.165, 1.54) is 4.90 Å². The second-order valence-electron chi connectivity index (χ2n) is 5.47. The molecule has 1 unspecified atom stereocenters. The summed E-state index contributed by atoms with van der Waals surface area (Å²) in [5.41, 5.74) is -0.335. The lowest BCUT2D eigenvalue weighted by Crippen LogP contribution is -2.53. The number of fused-ring (bicyclic) bond motifs is 1. The molecule has 1 atom stereocenters. The Kier molecular flexibility index (Phi) is 4.24. The van der Waals surface area contributed by atoms with E-state index < -0.39 is 28.3 Å². The number of rotatable bonds is 1. The predicted molar refractivity (Wildman–Crippen MR) is 83.5 cm³/mol. The Hall–Kier alpha value is -2.10. The maximum Gasteiger partial charge on any atom is 0.407 e. The zero-order valence-electron chi connectivity index (χ0n) is 12.4. The van der Waals surface area contributed by atoms with E-state index in [0.29, 0.717) is 0 Å². The summed E-state index contributed by atoms with van der Waals surface area (Å²) >= 11 is 2.76. The van der Waals surface area contributed by atoms with Crippen molar-refractivity contribution in [2.24, 2.45) is 0 Å². The van der Waals surface area contributed by atoms with Crippen molar-refractivity contribution in [1.29, 1.82) is 0 Å². The van der Waals surface area contributed by atoms with Crippen molar-refractivity contribution in [2.45, 2.75) is 13.0 Å². The van der Waals surface area contributed by atoms with Gasteiger partial charge in [0, 0.05) is 31.1 Å². The van der Waals surface area contributed by atoms with Crippen molar-refractivity contribution >= 4 is 38.7 Å². The lowest BCUT2D eigenvalue weighted by molar-refractivity contribution is 0.136. The number of piperazine rings is 1. The highest BCUT2D eigenvalue weighted by atomic mass is 79.9. The summed E-state index contributed by atoms with van der Waals surface area (Å²) in [6, 6.07) is 0.690. The quantitative estimate of drug-likeness (QED) is 0.584. The molecule has 1 N–H and O–H groups in total. The van der Waals surface area contributed by atoms with Crippen LogP contribution in [0.4, 0.5) is 23.8 Å². The molecular weight excluding hydrogens is 393 g/mol. The Morgan fingerprint density at radius 1 is 1.33 bits per heavy atom. The van der Waals surface area contributed by atoms with Crippen LogP contribution in [0.2, 0.25) is 0 Å². The van der Waals surface area contributed by atoms with Gasteiger partial charge in [0.15, 0.2) is 5.82 Å². The van der Waals surface area contributed by atoms with Crippen LogP contribution >= 0.6 is 15.9 Å². The first-order valence-electron chi connectivity index (χ1n) is 7.05. The Morgan fingerprint density at radius 3 is 2.67 bits per heavy atom. The van der Waals surface area contributed by atoms with Crippen LogP contribution in [-0.4, -0.2) is 51.7 Å². The molecule has 0 radical (unpaired) electrons. The van der Waals surface area contributed by atoms with Crippen LogP contribution in [-0.2, 0) is 0 Å². The van der Waals surface area contributed by atoms with Crippen molar-refractivity contribution in [3.8, 4) is 0 Å². The van der Waals surface area contributed by atoms with Gasteiger partial charge in [0.25, 0.3) is 0 Å². The summed E-state index contributed by atoms with van der Waals surface area (Å²) < 4.78 is 41.4. The summed E-state index contributed by atoms with van der Waals surface area (Å²) in [6.45, 7) is 2.29. The summed E-state index contributed by atoms with van der Waals surface area (Å²) in [5, 5.41) is 9.08. The minimum absolute atomic E-state index is 0.0326. The van der Waals surface area contributed by atoms with Gasteiger partial charge in [-0.3, -0.25) is 0 Å². The van der Waals surface area contributed by atoms with E-state index in [9.17, 15) is 18.0 Å². The lowest BCUT2D eigenvalue weighted by atomic mass is 10.1. The monoisotopic (exact) mass is 404 g/mol. The third-order valence-corrected chi connectivity index (χ3v) is 4.68. The topological polar surface area (TPSA) is 69.6 Å². The predicted octanol–water partition coefficient (Wildman–Crippen LogP) is 3.00. The van der Waals surface area contributed by atoms with E-state index >= 15 is 0 Å². The van der Waals surface area contributed by atoms with Crippen LogP contribution < -0.4 is 4.90 Å². The molecule has 1 fully saturated rings. The SMILES string of the molecule is CC1CN(C(=O)O)CCN1c1nc(F)nc2c(F)c(Br)c(F)cc12. The normalized spacial score (nSPS) is 18.3. The zero-order chi connectivity index (χ0) is 17.6. The number of carbonyl (C=O) groups is 1. The third kappa shape index (κ3) is 2.74. The minimum Gasteiger partial charge on any atom is -0.465 e. The van der Waals surface area contributed by atoms with Gasteiger partial charge in [-0.1, -0.05) is 0 Å². The number of aromatic nitrogens is 2. The molecular formula is C14H12BrF3N4O2. The van der Waals surface area contributed by atoms with Gasteiger partial charge in [0.05, 0.1) is 4.47 Å². The fourth-order valence-electron chi connectivity index (χ4n) is 2.80. The summed E-state index contributed by atoms with van der Waals surface area (Å²) in [6.07, 6.45) is -2.19. The Morgan fingerprint density at radius 2 is 2.04 bits per heavy atom. The number of carboxylic acid groups (broad SMARTS) is 1. The van der Waals surface area contributed by atoms with E-state index in [1.807, 2.05) is 0 Å². The van der Waals surface area contributed by atoms with Crippen molar-refractivity contribution in [3.63, 3.8) is 0 Å². The second-order valence-corrected chi connectivity index (χ2v) is 6.26. The third-order valence-electron chi connectivity index (χ3n) is 3.95. The smallest absolute Gasteiger partial charge is 0.407 e. The molecule has 1 aliphatic rings. The first-order chi connectivity index (χ1) is 11.3. The Bertz CT molecular complexity index is 836. The van der Waals surface area contributed by atoms with Crippen molar-refractivity contribution in [1.82, 2.24) is 14.9 Å². The number of anilines is 1. The molecule has 0 spiro atoms. The highest BCUT2D eigenvalue weighted by Crippen LogP contribution is 2.33. The molecule has 1 aromatic heterocycles. The fourth-order valence-corrected chi connectivity index (χ4v) is 3.10. The van der Waals surface area contributed by atoms with Crippen LogP contribution in [0.3, 0.4) is 0 Å². The van der Waals surface area contributed by atoms with Crippen LogP contribution in [0.25, 0.3) is 10.9 Å². The summed E-state index contributed by atoms with van der Waals surface area (Å²) in [5.74, 6) is -1.82. The summed E-state index contributed by atoms with van der Waals surface area (Å²) in [4.78, 5) is 21.0. The second kappa shape index (κ2) is 6.08. The van der Waals surface area contributed by atoms with Gasteiger partial charge < -0.3 is 14.9 Å². The Balaban J connectivity index is 2.11. The number of nitrogens with zero attached hydrogens (tertiary/aromatic N) is 4. The molecule has 0 aliphatic carbocycles. The van der Waals surface area contributed by atoms with Crippen LogP contribution in [0.1, 0.15) is 6.92 Å². The minimum atomic E-state index is -1.14. The van der Waals surface area contributed by atoms with Crippen LogP contribution in [0, 0.1) is 17.7 Å². The van der Waals surface area contributed by atoms with Gasteiger partial charge in [-0.05, 0) is 28.9 Å². The number of halogens is 4. The van der Waals surface area contributed by atoms with Crippen molar-refractivity contribution in [3.05, 3.63) is 28.3 Å². The molecule has 0 bridgehead atoms. The van der Waals surface area contributed by atoms with Gasteiger partial charge in [-0.2, -0.15) is 14.4 Å². The molecule has 1 saturated heterocycles. The molecule has 1 amide bonds. The number of amides is 1. The molecule has 10 heteroatoms. The number of benzene rings is 1. The van der Waals surface area contributed by atoms with E-state index in [4.69, 9.17) is 5.11 Å². The first-order valence-corrected chi connectivity index (χ1v) is 7.84. The molecule has 2 aromatic rings. The first kappa shape index (κ1) is 16.7. The van der Waals surface area contributed by atoms with Gasteiger partial charge >= 0.3 is 12.2 Å². The van der Waals surface area contributed by atoms with Crippen LogP contribution in [0.15, 0.2) is 10.5 Å². The average molecular weight is 405 g/mol. The van der Waals surface area contributed by atoms with E-state index in [2.05, 4.69) is 25.9 Å². The molecule has 0 saturated carbocycles. The Labute approximate surface area is 143 Å². The van der Waals surface area contributed by atoms with E-state index in [0.717, 1.165) is 6.07 Å². The van der Waals surface area contributed by atoms with E-state index in [1.54, 1.807) is 11.8 Å². The van der Waals surface area contributed by atoms with Gasteiger partial charge in [0.2, 0.25) is 0 Å². The molecule has 24 heavy (non-hydrogen) atoms. The molecule has 3 rings (SSSR count). The van der Waals surface area contributed by atoms with Crippen molar-refractivity contribution < 1.29 is 23.1 Å². The van der Waals surface area contributed by atoms with Gasteiger partial charge in [0.1, 0.15) is 17.2 Å². The average Bonchev–Trinajstić information content (AvgIpc) is 2.53. The highest BCUT2D eigenvalue weighted by molar-refractivity contribution is 9.10. The molecule has 128 valence electrons. The molecule has 1 aliphatic heterocycles. The standard InChI is InChI=1S/C14H12BrF3N4O2/c1-6-5-21(14(23)24)2-3-22(6)12-7-4-8(16)9(15)10(17)11(7)19-13(18)20-12/h4,6H,2-3,5H2,1H3,(H,23,24). The maximum atomic E-state index is 14.2. The summed E-state index contributed by atoms with van der Waals surface area (Å²) in [7, 11) is 0. The van der Waals surface area contributed by atoms with E-state index in [-0.39, 0.29) is 42.4 Å².